The van der Waals surface area contributed by atoms with E-state index in [0.717, 1.165) is 12.1 Å². The molecule has 0 aliphatic rings. The number of alkyl halides is 3. The Labute approximate surface area is 167 Å². The van der Waals surface area contributed by atoms with Gasteiger partial charge in [-0.15, -0.1) is 5.10 Å². The van der Waals surface area contributed by atoms with Gasteiger partial charge in [-0.2, -0.15) is 13.2 Å². The van der Waals surface area contributed by atoms with Crippen LogP contribution in [0, 0.1) is 6.92 Å². The summed E-state index contributed by atoms with van der Waals surface area (Å²) >= 11 is 5.86. The van der Waals surface area contributed by atoms with Gasteiger partial charge in [0.2, 0.25) is 0 Å². The van der Waals surface area contributed by atoms with Crippen LogP contribution in [0.3, 0.4) is 0 Å². The quantitative estimate of drug-likeness (QED) is 0.429. The van der Waals surface area contributed by atoms with Gasteiger partial charge in [-0.3, -0.25) is 0 Å². The molecule has 2 heterocycles. The molecule has 0 saturated heterocycles. The number of rotatable bonds is 4. The van der Waals surface area contributed by atoms with Crippen molar-refractivity contribution in [3.63, 3.8) is 0 Å². The number of nitrogens with one attached hydrogen (secondary N) is 1. The molecular formula is C19H12ClF3N4O2. The molecule has 0 atom stereocenters. The average molecular weight is 421 g/mol. The van der Waals surface area contributed by atoms with Gasteiger partial charge in [-0.1, -0.05) is 34.0 Å². The van der Waals surface area contributed by atoms with E-state index in [-0.39, 0.29) is 11.9 Å². The average Bonchev–Trinajstić information content (AvgIpc) is 3.29. The number of nitrogens with zero attached hydrogens (tertiary/aromatic N) is 3. The van der Waals surface area contributed by atoms with E-state index in [4.69, 9.17) is 20.5 Å². The summed E-state index contributed by atoms with van der Waals surface area (Å²) in [7, 11) is 0. The zero-order valence-corrected chi connectivity index (χ0v) is 15.5. The largest absolute Gasteiger partial charge is 0.416 e. The van der Waals surface area contributed by atoms with Gasteiger partial charge in [0, 0.05) is 16.3 Å². The van der Waals surface area contributed by atoms with E-state index in [1.807, 2.05) is 0 Å². The molecule has 4 rings (SSSR count). The Bertz CT molecular complexity index is 1140. The fourth-order valence-electron chi connectivity index (χ4n) is 2.67. The van der Waals surface area contributed by atoms with Gasteiger partial charge >= 0.3 is 12.2 Å². The third kappa shape index (κ3) is 3.95. The van der Waals surface area contributed by atoms with Crippen LogP contribution in [0.4, 0.5) is 24.9 Å². The van der Waals surface area contributed by atoms with Gasteiger partial charge in [0.1, 0.15) is 17.0 Å². The third-order valence-corrected chi connectivity index (χ3v) is 4.33. The molecule has 0 spiro atoms. The molecule has 10 heteroatoms. The molecular weight excluding hydrogens is 409 g/mol. The molecule has 6 nitrogen and oxygen atoms in total. The molecule has 0 bridgehead atoms. The van der Waals surface area contributed by atoms with Crippen molar-refractivity contribution in [1.82, 2.24) is 15.4 Å². The Morgan fingerprint density at radius 1 is 0.966 bits per heavy atom. The lowest BCUT2D eigenvalue weighted by Crippen LogP contribution is -2.04. The molecule has 4 aromatic rings. The van der Waals surface area contributed by atoms with E-state index in [9.17, 15) is 13.2 Å². The topological polar surface area (TPSA) is 77.0 Å². The highest BCUT2D eigenvalue weighted by atomic mass is 35.5. The van der Waals surface area contributed by atoms with E-state index >= 15 is 0 Å². The summed E-state index contributed by atoms with van der Waals surface area (Å²) in [5.74, 6) is 0.511. The number of aryl methyl sites for hydroxylation is 1. The van der Waals surface area contributed by atoms with Gasteiger partial charge in [0.25, 0.3) is 5.89 Å². The van der Waals surface area contributed by atoms with Crippen molar-refractivity contribution in [2.24, 2.45) is 0 Å². The predicted octanol–water partition coefficient (Wildman–Crippen LogP) is 6.12. The maximum atomic E-state index is 12.8. The lowest BCUT2D eigenvalue weighted by atomic mass is 10.0. The summed E-state index contributed by atoms with van der Waals surface area (Å²) in [6, 6.07) is 11.6. The van der Waals surface area contributed by atoms with Crippen LogP contribution in [0.2, 0.25) is 5.02 Å². The standard InChI is InChI=1S/C19H12ClF3N4O2/c1-10-15(16(27-29-10)11-2-4-12(5-3-11)19(21,22)23)17-25-26-18(28-17)24-14-8-6-13(20)7-9-14/h2-9H,1H3,(H,24,26). The van der Waals surface area contributed by atoms with Gasteiger partial charge in [0.15, 0.2) is 0 Å². The Morgan fingerprint density at radius 3 is 2.31 bits per heavy atom. The zero-order chi connectivity index (χ0) is 20.6. The number of hydrogen-bond acceptors (Lipinski definition) is 6. The first kappa shape index (κ1) is 19.0. The van der Waals surface area contributed by atoms with Gasteiger partial charge in [-0.05, 0) is 43.3 Å². The van der Waals surface area contributed by atoms with Crippen molar-refractivity contribution < 1.29 is 22.1 Å². The van der Waals surface area contributed by atoms with Crippen LogP contribution in [0.15, 0.2) is 57.5 Å². The number of halogens is 4. The van der Waals surface area contributed by atoms with Gasteiger partial charge in [-0.25, -0.2) is 0 Å². The highest BCUT2D eigenvalue weighted by Crippen LogP contribution is 2.36. The Balaban J connectivity index is 1.64. The number of benzene rings is 2. The summed E-state index contributed by atoms with van der Waals surface area (Å²) in [5, 5.41) is 15.4. The van der Waals surface area contributed by atoms with Crippen molar-refractivity contribution in [2.45, 2.75) is 13.1 Å². The van der Waals surface area contributed by atoms with E-state index in [0.29, 0.717) is 33.3 Å². The molecule has 2 aromatic carbocycles. The lowest BCUT2D eigenvalue weighted by molar-refractivity contribution is -0.137. The molecule has 0 aliphatic heterocycles. The van der Waals surface area contributed by atoms with E-state index in [1.54, 1.807) is 31.2 Å². The minimum absolute atomic E-state index is 0.120. The van der Waals surface area contributed by atoms with Gasteiger partial charge in [0.05, 0.1) is 5.56 Å². The molecule has 29 heavy (non-hydrogen) atoms. The summed E-state index contributed by atoms with van der Waals surface area (Å²) in [6.45, 7) is 1.65. The lowest BCUT2D eigenvalue weighted by Gasteiger charge is -2.06. The second-order valence-electron chi connectivity index (χ2n) is 6.08. The van der Waals surface area contributed by atoms with Crippen molar-refractivity contribution in [1.29, 1.82) is 0 Å². The minimum Gasteiger partial charge on any atom is -0.403 e. The van der Waals surface area contributed by atoms with E-state index in [1.165, 1.54) is 12.1 Å². The highest BCUT2D eigenvalue weighted by molar-refractivity contribution is 6.30. The molecule has 148 valence electrons. The molecule has 0 fully saturated rings. The summed E-state index contributed by atoms with van der Waals surface area (Å²) in [6.07, 6.45) is -4.42. The van der Waals surface area contributed by atoms with E-state index in [2.05, 4.69) is 20.7 Å². The summed E-state index contributed by atoms with van der Waals surface area (Å²) < 4.78 is 49.2. The second-order valence-corrected chi connectivity index (χ2v) is 6.52. The SMILES string of the molecule is Cc1onc(-c2ccc(C(F)(F)F)cc2)c1-c1nnc(Nc2ccc(Cl)cc2)o1. The second kappa shape index (κ2) is 7.25. The van der Waals surface area contributed by atoms with Crippen LogP contribution in [-0.2, 0) is 6.18 Å². The number of anilines is 2. The Morgan fingerprint density at radius 2 is 1.66 bits per heavy atom. The Kier molecular flexibility index (Phi) is 4.75. The maximum Gasteiger partial charge on any atom is 0.416 e. The molecule has 0 unspecified atom stereocenters. The van der Waals surface area contributed by atoms with Crippen molar-refractivity contribution >= 4 is 23.3 Å². The molecule has 0 saturated carbocycles. The summed E-state index contributed by atoms with van der Waals surface area (Å²) in [5.41, 5.74) is 1.07. The van der Waals surface area contributed by atoms with Crippen LogP contribution < -0.4 is 5.32 Å². The molecule has 2 aromatic heterocycles. The fraction of sp³-hybridized carbons (Fsp3) is 0.105. The normalized spacial score (nSPS) is 11.6. The van der Waals surface area contributed by atoms with Crippen molar-refractivity contribution in [3.8, 4) is 22.7 Å². The summed E-state index contributed by atoms with van der Waals surface area (Å²) in [4.78, 5) is 0. The smallest absolute Gasteiger partial charge is 0.403 e. The number of aromatic nitrogens is 3. The number of hydrogen-bond donors (Lipinski definition) is 1. The van der Waals surface area contributed by atoms with Crippen LogP contribution in [0.25, 0.3) is 22.7 Å². The molecule has 0 aliphatic carbocycles. The van der Waals surface area contributed by atoms with Crippen LogP contribution in [0.1, 0.15) is 11.3 Å². The molecule has 0 radical (unpaired) electrons. The van der Waals surface area contributed by atoms with E-state index < -0.39 is 11.7 Å². The fourth-order valence-corrected chi connectivity index (χ4v) is 2.80. The minimum atomic E-state index is -4.42. The highest BCUT2D eigenvalue weighted by Gasteiger charge is 2.30. The van der Waals surface area contributed by atoms with Crippen molar-refractivity contribution in [3.05, 3.63) is 64.9 Å². The van der Waals surface area contributed by atoms with Crippen LogP contribution in [-0.4, -0.2) is 15.4 Å². The first-order valence-electron chi connectivity index (χ1n) is 8.31. The first-order valence-corrected chi connectivity index (χ1v) is 8.69. The van der Waals surface area contributed by atoms with Gasteiger partial charge < -0.3 is 14.3 Å². The van der Waals surface area contributed by atoms with Crippen LogP contribution in [0.5, 0.6) is 0 Å². The maximum absolute atomic E-state index is 12.8. The monoisotopic (exact) mass is 420 g/mol. The molecule has 0 amide bonds. The third-order valence-electron chi connectivity index (χ3n) is 4.08. The first-order chi connectivity index (χ1) is 13.8. The van der Waals surface area contributed by atoms with Crippen LogP contribution >= 0.6 is 11.6 Å². The predicted molar refractivity (Wildman–Crippen MR) is 99.7 cm³/mol. The van der Waals surface area contributed by atoms with Crippen molar-refractivity contribution in [2.75, 3.05) is 5.32 Å². The molecule has 1 N–H and O–H groups in total. The Hall–Kier alpha value is -3.33. The zero-order valence-electron chi connectivity index (χ0n) is 14.8.